The molecule has 0 aromatic heterocycles. The van der Waals surface area contributed by atoms with Crippen molar-refractivity contribution in [1.29, 1.82) is 0 Å². The Kier molecular flexibility index (Phi) is 4.54. The fraction of sp³-hybridized carbons (Fsp3) is 0.294. The van der Waals surface area contributed by atoms with Crippen molar-refractivity contribution < 1.29 is 0 Å². The lowest BCUT2D eigenvalue weighted by molar-refractivity contribution is 0.641. The molecule has 2 N–H and O–H groups in total. The van der Waals surface area contributed by atoms with Crippen LogP contribution in [-0.4, -0.2) is 6.54 Å². The van der Waals surface area contributed by atoms with E-state index in [9.17, 15) is 0 Å². The minimum Gasteiger partial charge on any atom is -0.330 e. The Morgan fingerprint density at radius 2 is 1.50 bits per heavy atom. The minimum atomic E-state index is 0.596. The molecule has 0 bridgehead atoms. The van der Waals surface area contributed by atoms with Gasteiger partial charge in [0.15, 0.2) is 0 Å². The van der Waals surface area contributed by atoms with Crippen LogP contribution in [-0.2, 0) is 0 Å². The van der Waals surface area contributed by atoms with E-state index in [1.165, 1.54) is 23.1 Å². The molecule has 18 heavy (non-hydrogen) atoms. The Labute approximate surface area is 110 Å². The zero-order chi connectivity index (χ0) is 12.8. The van der Waals surface area contributed by atoms with E-state index in [2.05, 4.69) is 55.5 Å². The second-order valence-electron chi connectivity index (χ2n) is 4.82. The molecular formula is C17H21N. The first-order valence-electron chi connectivity index (χ1n) is 6.66. The van der Waals surface area contributed by atoms with Crippen molar-refractivity contribution in [3.8, 4) is 11.1 Å². The number of rotatable bonds is 5. The van der Waals surface area contributed by atoms with Gasteiger partial charge < -0.3 is 5.73 Å². The number of benzene rings is 2. The predicted octanol–water partition coefficient (Wildman–Crippen LogP) is 4.20. The summed E-state index contributed by atoms with van der Waals surface area (Å²) < 4.78 is 0. The summed E-state index contributed by atoms with van der Waals surface area (Å²) in [4.78, 5) is 0. The van der Waals surface area contributed by atoms with E-state index in [0.717, 1.165) is 13.0 Å². The molecule has 1 unspecified atom stereocenters. The third-order valence-electron chi connectivity index (χ3n) is 3.43. The summed E-state index contributed by atoms with van der Waals surface area (Å²) in [7, 11) is 0. The molecule has 1 heteroatoms. The summed E-state index contributed by atoms with van der Waals surface area (Å²) in [6.45, 7) is 3.06. The lowest BCUT2D eigenvalue weighted by Crippen LogP contribution is -2.01. The predicted molar refractivity (Wildman–Crippen MR) is 78.6 cm³/mol. The van der Waals surface area contributed by atoms with E-state index in [1.807, 2.05) is 6.07 Å². The normalized spacial score (nSPS) is 12.3. The molecule has 1 atom stereocenters. The summed E-state index contributed by atoms with van der Waals surface area (Å²) in [5.41, 5.74) is 9.52. The first-order valence-corrected chi connectivity index (χ1v) is 6.66. The standard InChI is InChI=1S/C17H21N/c1-14(6-5-13-18)15-9-11-17(12-10-15)16-7-3-2-4-8-16/h2-4,7-12,14H,5-6,13,18H2,1H3. The highest BCUT2D eigenvalue weighted by molar-refractivity contribution is 5.63. The van der Waals surface area contributed by atoms with Crippen LogP contribution in [0.4, 0.5) is 0 Å². The van der Waals surface area contributed by atoms with Gasteiger partial charge in [0.25, 0.3) is 0 Å². The average molecular weight is 239 g/mol. The summed E-state index contributed by atoms with van der Waals surface area (Å²) >= 11 is 0. The monoisotopic (exact) mass is 239 g/mol. The van der Waals surface area contributed by atoms with E-state index in [4.69, 9.17) is 5.73 Å². The SMILES string of the molecule is CC(CCCN)c1ccc(-c2ccccc2)cc1. The van der Waals surface area contributed by atoms with Gasteiger partial charge in [-0.3, -0.25) is 0 Å². The van der Waals surface area contributed by atoms with Gasteiger partial charge in [-0.2, -0.15) is 0 Å². The Balaban J connectivity index is 2.10. The van der Waals surface area contributed by atoms with E-state index < -0.39 is 0 Å². The van der Waals surface area contributed by atoms with Crippen molar-refractivity contribution in [3.05, 3.63) is 60.2 Å². The van der Waals surface area contributed by atoms with Gasteiger partial charge in [0.1, 0.15) is 0 Å². The van der Waals surface area contributed by atoms with E-state index in [1.54, 1.807) is 0 Å². The summed E-state index contributed by atoms with van der Waals surface area (Å²) in [5, 5.41) is 0. The van der Waals surface area contributed by atoms with Gasteiger partial charge in [-0.15, -0.1) is 0 Å². The maximum atomic E-state index is 5.56. The molecule has 0 radical (unpaired) electrons. The van der Waals surface area contributed by atoms with Crippen LogP contribution < -0.4 is 5.73 Å². The Bertz CT molecular complexity index is 459. The third-order valence-corrected chi connectivity index (χ3v) is 3.43. The number of nitrogens with two attached hydrogens (primary N) is 1. The Morgan fingerprint density at radius 3 is 2.11 bits per heavy atom. The van der Waals surface area contributed by atoms with Crippen molar-refractivity contribution in [2.24, 2.45) is 5.73 Å². The van der Waals surface area contributed by atoms with Gasteiger partial charge in [0, 0.05) is 0 Å². The molecule has 0 spiro atoms. The zero-order valence-electron chi connectivity index (χ0n) is 11.0. The van der Waals surface area contributed by atoms with Crippen LogP contribution in [0.25, 0.3) is 11.1 Å². The van der Waals surface area contributed by atoms with Gasteiger partial charge in [-0.25, -0.2) is 0 Å². The van der Waals surface area contributed by atoms with Crippen LogP contribution in [0.5, 0.6) is 0 Å². The molecule has 0 aliphatic rings. The second kappa shape index (κ2) is 6.36. The van der Waals surface area contributed by atoms with E-state index in [-0.39, 0.29) is 0 Å². The zero-order valence-corrected chi connectivity index (χ0v) is 11.0. The van der Waals surface area contributed by atoms with Crippen molar-refractivity contribution in [2.75, 3.05) is 6.54 Å². The molecular weight excluding hydrogens is 218 g/mol. The lowest BCUT2D eigenvalue weighted by atomic mass is 9.94. The van der Waals surface area contributed by atoms with E-state index >= 15 is 0 Å². The van der Waals surface area contributed by atoms with E-state index in [0.29, 0.717) is 5.92 Å². The van der Waals surface area contributed by atoms with Gasteiger partial charge in [0.05, 0.1) is 0 Å². The molecule has 0 saturated carbocycles. The van der Waals surface area contributed by atoms with Crippen molar-refractivity contribution in [2.45, 2.75) is 25.7 Å². The van der Waals surface area contributed by atoms with Gasteiger partial charge in [-0.1, -0.05) is 61.5 Å². The summed E-state index contributed by atoms with van der Waals surface area (Å²) in [6.07, 6.45) is 2.27. The molecule has 2 aromatic rings. The van der Waals surface area contributed by atoms with Gasteiger partial charge >= 0.3 is 0 Å². The molecule has 0 amide bonds. The van der Waals surface area contributed by atoms with Crippen molar-refractivity contribution in [1.82, 2.24) is 0 Å². The Hall–Kier alpha value is -1.60. The lowest BCUT2D eigenvalue weighted by Gasteiger charge is -2.12. The average Bonchev–Trinajstić information content (AvgIpc) is 2.46. The Morgan fingerprint density at radius 1 is 0.889 bits per heavy atom. The molecule has 0 saturated heterocycles. The molecule has 1 nitrogen and oxygen atoms in total. The van der Waals surface area contributed by atoms with Crippen molar-refractivity contribution >= 4 is 0 Å². The molecule has 0 heterocycles. The first kappa shape index (κ1) is 12.8. The smallest absolute Gasteiger partial charge is 0.00771 e. The van der Waals surface area contributed by atoms with Crippen LogP contribution in [0.2, 0.25) is 0 Å². The fourth-order valence-electron chi connectivity index (χ4n) is 2.23. The minimum absolute atomic E-state index is 0.596. The molecule has 0 aliphatic carbocycles. The third kappa shape index (κ3) is 3.21. The molecule has 94 valence electrons. The maximum Gasteiger partial charge on any atom is -0.00771 e. The van der Waals surface area contributed by atoms with Crippen LogP contribution >= 0.6 is 0 Å². The molecule has 2 rings (SSSR count). The highest BCUT2D eigenvalue weighted by Gasteiger charge is 2.05. The maximum absolute atomic E-state index is 5.56. The van der Waals surface area contributed by atoms with Crippen molar-refractivity contribution in [3.63, 3.8) is 0 Å². The quantitative estimate of drug-likeness (QED) is 0.831. The van der Waals surface area contributed by atoms with Crippen LogP contribution in [0.3, 0.4) is 0 Å². The highest BCUT2D eigenvalue weighted by atomic mass is 14.5. The van der Waals surface area contributed by atoms with Crippen LogP contribution in [0.15, 0.2) is 54.6 Å². The van der Waals surface area contributed by atoms with Crippen LogP contribution in [0, 0.1) is 0 Å². The summed E-state index contributed by atoms with van der Waals surface area (Å²) in [5.74, 6) is 0.596. The molecule has 2 aromatic carbocycles. The largest absolute Gasteiger partial charge is 0.330 e. The van der Waals surface area contributed by atoms with Crippen LogP contribution in [0.1, 0.15) is 31.2 Å². The highest BCUT2D eigenvalue weighted by Crippen LogP contribution is 2.24. The number of hydrogen-bond acceptors (Lipinski definition) is 1. The first-order chi connectivity index (χ1) is 8.81. The summed E-state index contributed by atoms with van der Waals surface area (Å²) in [6, 6.07) is 19.4. The number of hydrogen-bond donors (Lipinski definition) is 1. The molecule has 0 fully saturated rings. The fourth-order valence-corrected chi connectivity index (χ4v) is 2.23. The second-order valence-corrected chi connectivity index (χ2v) is 4.82. The van der Waals surface area contributed by atoms with Gasteiger partial charge in [0.2, 0.25) is 0 Å². The molecule has 0 aliphatic heterocycles. The van der Waals surface area contributed by atoms with Gasteiger partial charge in [-0.05, 0) is 42.0 Å². The topological polar surface area (TPSA) is 26.0 Å².